The molecule has 0 spiro atoms. The summed E-state index contributed by atoms with van der Waals surface area (Å²) >= 11 is 0. The van der Waals surface area contributed by atoms with Crippen LogP contribution in [0.25, 0.3) is 11.0 Å². The first kappa shape index (κ1) is 23.3. The van der Waals surface area contributed by atoms with Crippen LogP contribution >= 0.6 is 0 Å². The Labute approximate surface area is 193 Å². The fourth-order valence-electron chi connectivity index (χ4n) is 3.32. The number of aromatic nitrogens is 2. The van der Waals surface area contributed by atoms with Gasteiger partial charge in [-0.1, -0.05) is 29.8 Å². The second-order valence-electron chi connectivity index (χ2n) is 7.48. The summed E-state index contributed by atoms with van der Waals surface area (Å²) in [5.41, 5.74) is 2.79. The van der Waals surface area contributed by atoms with Crippen molar-refractivity contribution in [2.24, 2.45) is 0 Å². The minimum Gasteiger partial charge on any atom is -0.406 e. The first-order valence-electron chi connectivity index (χ1n) is 10.00. The molecule has 0 bridgehead atoms. The third-order valence-electron chi connectivity index (χ3n) is 4.77. The number of aryl methyl sites for hydroxylation is 2. The second-order valence-corrected chi connectivity index (χ2v) is 9.13. The van der Waals surface area contributed by atoms with Crippen molar-refractivity contribution in [2.45, 2.75) is 25.1 Å². The number of benzene rings is 3. The average Bonchev–Trinajstić information content (AvgIpc) is 2.74. The van der Waals surface area contributed by atoms with Crippen LogP contribution in [-0.4, -0.2) is 24.7 Å². The molecule has 0 unspecified atom stereocenters. The molecule has 2 N–H and O–H groups in total. The zero-order valence-corrected chi connectivity index (χ0v) is 18.8. The first-order valence-corrected chi connectivity index (χ1v) is 11.5. The van der Waals surface area contributed by atoms with Crippen molar-refractivity contribution in [3.05, 3.63) is 77.9 Å². The maximum Gasteiger partial charge on any atom is 0.573 e. The van der Waals surface area contributed by atoms with Crippen LogP contribution in [0.1, 0.15) is 11.1 Å². The number of nitrogens with one attached hydrogen (secondary N) is 2. The van der Waals surface area contributed by atoms with Crippen molar-refractivity contribution >= 4 is 38.4 Å². The molecule has 3 aromatic carbocycles. The molecular formula is C23H19F3N4O3S. The van der Waals surface area contributed by atoms with E-state index in [1.165, 1.54) is 18.2 Å². The molecule has 0 aliphatic carbocycles. The van der Waals surface area contributed by atoms with E-state index in [1.807, 2.05) is 6.92 Å². The number of anilines is 3. The van der Waals surface area contributed by atoms with Crippen LogP contribution in [0.15, 0.2) is 71.6 Å². The quantitative estimate of drug-likeness (QED) is 0.362. The van der Waals surface area contributed by atoms with Gasteiger partial charge in [0.15, 0.2) is 11.6 Å². The number of alkyl halides is 3. The summed E-state index contributed by atoms with van der Waals surface area (Å²) in [5.74, 6) is -0.371. The molecule has 176 valence electrons. The summed E-state index contributed by atoms with van der Waals surface area (Å²) in [6.07, 6.45) is -4.81. The van der Waals surface area contributed by atoms with Gasteiger partial charge in [-0.15, -0.1) is 13.2 Å². The maximum atomic E-state index is 13.1. The summed E-state index contributed by atoms with van der Waals surface area (Å²) in [4.78, 5) is 8.95. The Bertz CT molecular complexity index is 1460. The van der Waals surface area contributed by atoms with Crippen LogP contribution < -0.4 is 14.8 Å². The highest BCUT2D eigenvalue weighted by Gasteiger charge is 2.31. The first-order chi connectivity index (χ1) is 16.0. The van der Waals surface area contributed by atoms with Crippen LogP contribution in [0.5, 0.6) is 5.75 Å². The number of fused-ring (bicyclic) bond motifs is 1. The van der Waals surface area contributed by atoms with Gasteiger partial charge in [-0.05, 0) is 61.9 Å². The van der Waals surface area contributed by atoms with Gasteiger partial charge in [0.25, 0.3) is 10.0 Å². The molecule has 0 saturated heterocycles. The van der Waals surface area contributed by atoms with E-state index >= 15 is 0 Å². The van der Waals surface area contributed by atoms with Gasteiger partial charge in [0.2, 0.25) is 0 Å². The molecule has 4 rings (SSSR count). The van der Waals surface area contributed by atoms with Crippen LogP contribution in [0.3, 0.4) is 0 Å². The highest BCUT2D eigenvalue weighted by molar-refractivity contribution is 7.92. The summed E-state index contributed by atoms with van der Waals surface area (Å²) < 4.78 is 69.9. The zero-order valence-electron chi connectivity index (χ0n) is 18.0. The molecule has 0 aliphatic rings. The van der Waals surface area contributed by atoms with Gasteiger partial charge in [0, 0.05) is 5.69 Å². The van der Waals surface area contributed by atoms with Gasteiger partial charge >= 0.3 is 6.36 Å². The van der Waals surface area contributed by atoms with Gasteiger partial charge < -0.3 is 10.1 Å². The number of para-hydroxylation sites is 2. The highest BCUT2D eigenvalue weighted by Crippen LogP contribution is 2.29. The molecule has 0 fully saturated rings. The lowest BCUT2D eigenvalue weighted by Crippen LogP contribution is -2.17. The lowest BCUT2D eigenvalue weighted by molar-refractivity contribution is -0.274. The number of sulfonamides is 1. The molecule has 0 radical (unpaired) electrons. The summed E-state index contributed by atoms with van der Waals surface area (Å²) in [6.45, 7) is 3.55. The SMILES string of the molecule is Cc1ccc(S(=O)(=O)Nc2nc3ccccc3nc2Nc2ccc(OC(F)(F)F)cc2)c(C)c1. The molecule has 1 aromatic heterocycles. The minimum atomic E-state index is -4.81. The molecule has 0 aliphatic heterocycles. The lowest BCUT2D eigenvalue weighted by atomic mass is 10.2. The predicted octanol–water partition coefficient (Wildman–Crippen LogP) is 5.69. The van der Waals surface area contributed by atoms with E-state index in [0.717, 1.165) is 17.7 Å². The van der Waals surface area contributed by atoms with Crippen molar-refractivity contribution in [3.63, 3.8) is 0 Å². The van der Waals surface area contributed by atoms with Gasteiger partial charge in [0.1, 0.15) is 5.75 Å². The summed E-state index contributed by atoms with van der Waals surface area (Å²) in [5, 5.41) is 2.92. The molecule has 1 heterocycles. The molecule has 7 nitrogen and oxygen atoms in total. The molecule has 34 heavy (non-hydrogen) atoms. The van der Waals surface area contributed by atoms with Crippen LogP contribution in [0.2, 0.25) is 0 Å². The largest absolute Gasteiger partial charge is 0.573 e. The fraction of sp³-hybridized carbons (Fsp3) is 0.130. The molecular weight excluding hydrogens is 469 g/mol. The van der Waals surface area contributed by atoms with Crippen molar-refractivity contribution in [2.75, 3.05) is 10.0 Å². The molecule has 11 heteroatoms. The molecule has 4 aromatic rings. The van der Waals surface area contributed by atoms with E-state index < -0.39 is 22.1 Å². The number of hydrogen-bond acceptors (Lipinski definition) is 6. The average molecular weight is 488 g/mol. The lowest BCUT2D eigenvalue weighted by Gasteiger charge is -2.15. The standard InChI is InChI=1S/C23H19F3N4O3S/c1-14-7-12-20(15(2)13-14)34(31,32)30-22-21(28-18-5-3-4-6-19(18)29-22)27-16-8-10-17(11-9-16)33-23(24,25)26/h3-13H,1-2H3,(H,27,28)(H,29,30). The Morgan fingerprint density at radius 3 is 2.06 bits per heavy atom. The van der Waals surface area contributed by atoms with Crippen molar-refractivity contribution in [1.29, 1.82) is 0 Å². The third-order valence-corrected chi connectivity index (χ3v) is 6.27. The number of rotatable bonds is 6. The third kappa shape index (κ3) is 5.37. The maximum absolute atomic E-state index is 13.1. The van der Waals surface area contributed by atoms with Crippen LogP contribution in [-0.2, 0) is 10.0 Å². The van der Waals surface area contributed by atoms with Gasteiger partial charge in [-0.3, -0.25) is 4.72 Å². The van der Waals surface area contributed by atoms with Gasteiger partial charge in [0.05, 0.1) is 15.9 Å². The Kier molecular flexibility index (Phi) is 6.05. The monoisotopic (exact) mass is 488 g/mol. The van der Waals surface area contributed by atoms with E-state index in [4.69, 9.17) is 0 Å². The van der Waals surface area contributed by atoms with Gasteiger partial charge in [-0.2, -0.15) is 0 Å². The van der Waals surface area contributed by atoms with E-state index in [0.29, 0.717) is 22.3 Å². The Morgan fingerprint density at radius 1 is 0.853 bits per heavy atom. The van der Waals surface area contributed by atoms with Crippen molar-refractivity contribution < 1.29 is 26.3 Å². The van der Waals surface area contributed by atoms with Gasteiger partial charge in [-0.25, -0.2) is 18.4 Å². The van der Waals surface area contributed by atoms with E-state index in [9.17, 15) is 21.6 Å². The Balaban J connectivity index is 1.70. The molecule has 0 amide bonds. The highest BCUT2D eigenvalue weighted by atomic mass is 32.2. The smallest absolute Gasteiger partial charge is 0.406 e. The van der Waals surface area contributed by atoms with Crippen molar-refractivity contribution in [1.82, 2.24) is 9.97 Å². The van der Waals surface area contributed by atoms with E-state index in [1.54, 1.807) is 43.3 Å². The van der Waals surface area contributed by atoms with Crippen molar-refractivity contribution in [3.8, 4) is 5.75 Å². The number of ether oxygens (including phenoxy) is 1. The normalized spacial score (nSPS) is 11.9. The Hall–Kier alpha value is -3.86. The number of hydrogen-bond donors (Lipinski definition) is 2. The molecule has 0 saturated carbocycles. The van der Waals surface area contributed by atoms with Crippen LogP contribution in [0, 0.1) is 13.8 Å². The van der Waals surface area contributed by atoms with Crippen LogP contribution in [0.4, 0.5) is 30.5 Å². The summed E-state index contributed by atoms with van der Waals surface area (Å²) in [6, 6.07) is 16.8. The fourth-order valence-corrected chi connectivity index (χ4v) is 4.55. The molecule has 0 atom stereocenters. The Morgan fingerprint density at radius 2 is 1.47 bits per heavy atom. The predicted molar refractivity (Wildman–Crippen MR) is 123 cm³/mol. The number of nitrogens with zero attached hydrogens (tertiary/aromatic N) is 2. The van der Waals surface area contributed by atoms with E-state index in [2.05, 4.69) is 24.7 Å². The summed E-state index contributed by atoms with van der Waals surface area (Å²) in [7, 11) is -4.01. The zero-order chi connectivity index (χ0) is 24.5. The number of halogens is 3. The topological polar surface area (TPSA) is 93.2 Å². The minimum absolute atomic E-state index is 0.0608. The second kappa shape index (κ2) is 8.82. The van der Waals surface area contributed by atoms with E-state index in [-0.39, 0.29) is 16.5 Å².